The number of hydrogen-bond donors (Lipinski definition) is 0. The van der Waals surface area contributed by atoms with Gasteiger partial charge in [0, 0.05) is 6.54 Å². The van der Waals surface area contributed by atoms with Crippen LogP contribution in [-0.4, -0.2) is 25.5 Å². The van der Waals surface area contributed by atoms with Gasteiger partial charge >= 0.3 is 0 Å². The molecule has 0 spiro atoms. The maximum absolute atomic E-state index is 2.43. The number of rotatable bonds is 3. The predicted octanol–water partition coefficient (Wildman–Crippen LogP) is 2.87. The molecular weight excluding hydrogens is 158 g/mol. The molecule has 0 saturated heterocycles. The molecule has 1 heteroatoms. The van der Waals surface area contributed by atoms with E-state index in [-0.39, 0.29) is 0 Å². The molecule has 1 rings (SSSR count). The maximum atomic E-state index is 2.43. The van der Waals surface area contributed by atoms with Crippen LogP contribution in [0.3, 0.4) is 0 Å². The van der Waals surface area contributed by atoms with Crippen LogP contribution in [0.15, 0.2) is 0 Å². The molecule has 78 valence electrons. The Morgan fingerprint density at radius 1 is 1.23 bits per heavy atom. The molecule has 0 amide bonds. The second-order valence-electron chi connectivity index (χ2n) is 5.46. The van der Waals surface area contributed by atoms with Gasteiger partial charge in [-0.3, -0.25) is 0 Å². The van der Waals surface area contributed by atoms with Crippen molar-refractivity contribution in [3.8, 4) is 0 Å². The summed E-state index contributed by atoms with van der Waals surface area (Å²) in [6, 6.07) is 0. The first-order chi connectivity index (χ1) is 6.00. The summed E-state index contributed by atoms with van der Waals surface area (Å²) in [7, 11) is 4.36. The van der Waals surface area contributed by atoms with E-state index in [1.807, 2.05) is 0 Å². The molecular formula is C12H25N. The molecule has 0 aliphatic heterocycles. The summed E-state index contributed by atoms with van der Waals surface area (Å²) in [4.78, 5) is 2.32. The standard InChI is InChI=1S/C12H25N/c1-9-6-10(2)12(7-9)11(3)8-13(4)5/h9-12H,6-8H2,1-5H3. The van der Waals surface area contributed by atoms with Crippen molar-refractivity contribution in [1.29, 1.82) is 0 Å². The van der Waals surface area contributed by atoms with E-state index in [9.17, 15) is 0 Å². The molecule has 0 aromatic heterocycles. The average molecular weight is 183 g/mol. The SMILES string of the molecule is CC1CC(C)C(C(C)CN(C)C)C1. The van der Waals surface area contributed by atoms with Crippen LogP contribution in [0.5, 0.6) is 0 Å². The molecule has 0 heterocycles. The van der Waals surface area contributed by atoms with Crippen LogP contribution in [0, 0.1) is 23.7 Å². The average Bonchev–Trinajstić information content (AvgIpc) is 2.28. The smallest absolute Gasteiger partial charge is 0.000367 e. The van der Waals surface area contributed by atoms with Crippen LogP contribution >= 0.6 is 0 Å². The quantitative estimate of drug-likeness (QED) is 0.650. The van der Waals surface area contributed by atoms with Gasteiger partial charge in [0.25, 0.3) is 0 Å². The van der Waals surface area contributed by atoms with Crippen LogP contribution in [0.2, 0.25) is 0 Å². The van der Waals surface area contributed by atoms with Crippen LogP contribution in [0.1, 0.15) is 33.6 Å². The summed E-state index contributed by atoms with van der Waals surface area (Å²) in [6.45, 7) is 8.50. The van der Waals surface area contributed by atoms with E-state index < -0.39 is 0 Å². The maximum Gasteiger partial charge on any atom is 0.000367 e. The van der Waals surface area contributed by atoms with E-state index in [0.717, 1.165) is 23.7 Å². The van der Waals surface area contributed by atoms with Gasteiger partial charge in [0.1, 0.15) is 0 Å². The predicted molar refractivity (Wildman–Crippen MR) is 58.8 cm³/mol. The van der Waals surface area contributed by atoms with Gasteiger partial charge in [0.2, 0.25) is 0 Å². The van der Waals surface area contributed by atoms with Crippen molar-refractivity contribution < 1.29 is 0 Å². The largest absolute Gasteiger partial charge is 0.309 e. The van der Waals surface area contributed by atoms with Crippen LogP contribution in [-0.2, 0) is 0 Å². The molecule has 1 nitrogen and oxygen atoms in total. The molecule has 0 radical (unpaired) electrons. The lowest BCUT2D eigenvalue weighted by atomic mass is 9.86. The Labute approximate surface area is 83.5 Å². The Morgan fingerprint density at radius 2 is 1.85 bits per heavy atom. The van der Waals surface area contributed by atoms with Gasteiger partial charge in [0.05, 0.1) is 0 Å². The molecule has 1 aliphatic carbocycles. The highest BCUT2D eigenvalue weighted by Crippen LogP contribution is 2.40. The zero-order chi connectivity index (χ0) is 10.0. The summed E-state index contributed by atoms with van der Waals surface area (Å²) in [5.41, 5.74) is 0. The molecule has 13 heavy (non-hydrogen) atoms. The summed E-state index contributed by atoms with van der Waals surface area (Å²) in [6.07, 6.45) is 2.90. The van der Waals surface area contributed by atoms with Crippen molar-refractivity contribution in [1.82, 2.24) is 4.90 Å². The van der Waals surface area contributed by atoms with E-state index in [2.05, 4.69) is 39.8 Å². The molecule has 0 aromatic rings. The molecule has 0 bridgehead atoms. The summed E-state index contributed by atoms with van der Waals surface area (Å²) in [5.74, 6) is 3.75. The first-order valence-corrected chi connectivity index (χ1v) is 5.65. The Bertz CT molecular complexity index is 153. The van der Waals surface area contributed by atoms with Crippen molar-refractivity contribution in [2.75, 3.05) is 20.6 Å². The number of nitrogens with zero attached hydrogens (tertiary/aromatic N) is 1. The fourth-order valence-electron chi connectivity index (χ4n) is 3.11. The third-order valence-electron chi connectivity index (χ3n) is 3.56. The Hall–Kier alpha value is -0.0400. The van der Waals surface area contributed by atoms with Gasteiger partial charge < -0.3 is 4.90 Å². The normalized spacial score (nSPS) is 36.9. The lowest BCUT2D eigenvalue weighted by Crippen LogP contribution is -2.26. The van der Waals surface area contributed by atoms with E-state index in [1.165, 1.54) is 19.4 Å². The van der Waals surface area contributed by atoms with Crippen molar-refractivity contribution in [3.05, 3.63) is 0 Å². The van der Waals surface area contributed by atoms with E-state index in [4.69, 9.17) is 0 Å². The van der Waals surface area contributed by atoms with Crippen LogP contribution in [0.25, 0.3) is 0 Å². The topological polar surface area (TPSA) is 3.24 Å². The van der Waals surface area contributed by atoms with Gasteiger partial charge in [-0.1, -0.05) is 20.8 Å². The van der Waals surface area contributed by atoms with Gasteiger partial charge in [-0.2, -0.15) is 0 Å². The third kappa shape index (κ3) is 2.98. The van der Waals surface area contributed by atoms with Gasteiger partial charge in [-0.05, 0) is 50.6 Å². The van der Waals surface area contributed by atoms with Gasteiger partial charge in [-0.25, -0.2) is 0 Å². The fraction of sp³-hybridized carbons (Fsp3) is 1.00. The van der Waals surface area contributed by atoms with Crippen molar-refractivity contribution in [3.63, 3.8) is 0 Å². The lowest BCUT2D eigenvalue weighted by molar-refractivity contribution is 0.228. The Kier molecular flexibility index (Phi) is 3.78. The van der Waals surface area contributed by atoms with Crippen molar-refractivity contribution in [2.24, 2.45) is 23.7 Å². The molecule has 0 aromatic carbocycles. The van der Waals surface area contributed by atoms with Crippen molar-refractivity contribution >= 4 is 0 Å². The van der Waals surface area contributed by atoms with E-state index in [1.54, 1.807) is 0 Å². The minimum atomic E-state index is 0.870. The van der Waals surface area contributed by atoms with Gasteiger partial charge in [-0.15, -0.1) is 0 Å². The Morgan fingerprint density at radius 3 is 2.23 bits per heavy atom. The van der Waals surface area contributed by atoms with Gasteiger partial charge in [0.15, 0.2) is 0 Å². The first kappa shape index (κ1) is 11.0. The third-order valence-corrected chi connectivity index (χ3v) is 3.56. The highest BCUT2D eigenvalue weighted by molar-refractivity contribution is 4.82. The Balaban J connectivity index is 2.42. The minimum absolute atomic E-state index is 0.870. The van der Waals surface area contributed by atoms with E-state index in [0.29, 0.717) is 0 Å². The highest BCUT2D eigenvalue weighted by atomic mass is 15.1. The second kappa shape index (κ2) is 4.45. The zero-order valence-corrected chi connectivity index (χ0v) is 9.88. The summed E-state index contributed by atoms with van der Waals surface area (Å²) < 4.78 is 0. The lowest BCUT2D eigenvalue weighted by Gasteiger charge is -2.26. The molecule has 1 saturated carbocycles. The number of hydrogen-bond acceptors (Lipinski definition) is 1. The molecule has 1 aliphatic rings. The summed E-state index contributed by atoms with van der Waals surface area (Å²) in [5, 5.41) is 0. The minimum Gasteiger partial charge on any atom is -0.309 e. The first-order valence-electron chi connectivity index (χ1n) is 5.65. The monoisotopic (exact) mass is 183 g/mol. The van der Waals surface area contributed by atoms with Crippen molar-refractivity contribution in [2.45, 2.75) is 33.6 Å². The fourth-order valence-corrected chi connectivity index (χ4v) is 3.11. The second-order valence-corrected chi connectivity index (χ2v) is 5.46. The highest BCUT2D eigenvalue weighted by Gasteiger charge is 2.32. The zero-order valence-electron chi connectivity index (χ0n) is 9.88. The molecule has 4 atom stereocenters. The molecule has 4 unspecified atom stereocenters. The molecule has 0 N–H and O–H groups in total. The molecule has 1 fully saturated rings. The van der Waals surface area contributed by atoms with E-state index >= 15 is 0 Å². The summed E-state index contributed by atoms with van der Waals surface area (Å²) >= 11 is 0. The van der Waals surface area contributed by atoms with Crippen LogP contribution < -0.4 is 0 Å². The van der Waals surface area contributed by atoms with Crippen LogP contribution in [0.4, 0.5) is 0 Å².